The van der Waals surface area contributed by atoms with E-state index in [2.05, 4.69) is 5.32 Å². The molecule has 1 aromatic rings. The third-order valence-electron chi connectivity index (χ3n) is 3.15. The van der Waals surface area contributed by atoms with Gasteiger partial charge in [0.15, 0.2) is 11.6 Å². The summed E-state index contributed by atoms with van der Waals surface area (Å²) < 4.78 is 25.8. The van der Waals surface area contributed by atoms with Crippen molar-refractivity contribution in [2.75, 3.05) is 0 Å². The number of benzene rings is 1. The van der Waals surface area contributed by atoms with Gasteiger partial charge in [-0.2, -0.15) is 0 Å². The molecule has 19 heavy (non-hydrogen) atoms. The molecule has 0 aliphatic carbocycles. The van der Waals surface area contributed by atoms with E-state index in [9.17, 15) is 18.4 Å². The van der Waals surface area contributed by atoms with Gasteiger partial charge in [-0.15, -0.1) is 0 Å². The molecule has 0 bridgehead atoms. The van der Waals surface area contributed by atoms with Gasteiger partial charge in [0.05, 0.1) is 0 Å². The Kier molecular flexibility index (Phi) is 4.58. The normalized spacial score (nSPS) is 11.2. The molecule has 0 aliphatic rings. The third-order valence-corrected chi connectivity index (χ3v) is 3.15. The zero-order chi connectivity index (χ0) is 14.6. The zero-order valence-electron chi connectivity index (χ0n) is 10.7. The Morgan fingerprint density at radius 2 is 1.79 bits per heavy atom. The van der Waals surface area contributed by atoms with Gasteiger partial charge < -0.3 is 10.4 Å². The summed E-state index contributed by atoms with van der Waals surface area (Å²) >= 11 is 0. The number of amides is 1. The number of halogens is 2. The van der Waals surface area contributed by atoms with Crippen LogP contribution in [0.2, 0.25) is 0 Å². The fourth-order valence-corrected chi connectivity index (χ4v) is 1.71. The number of hydrogen-bond acceptors (Lipinski definition) is 2. The predicted molar refractivity (Wildman–Crippen MR) is 64.8 cm³/mol. The number of nitrogens with one attached hydrogen (secondary N) is 1. The van der Waals surface area contributed by atoms with Gasteiger partial charge in [-0.3, -0.25) is 4.79 Å². The maximum Gasteiger partial charge on any atom is 0.329 e. The van der Waals surface area contributed by atoms with E-state index in [1.165, 1.54) is 0 Å². The summed E-state index contributed by atoms with van der Waals surface area (Å²) in [5.74, 6) is -4.12. The van der Waals surface area contributed by atoms with E-state index in [-0.39, 0.29) is 18.4 Å². The Balaban J connectivity index is 3.00. The van der Waals surface area contributed by atoms with E-state index >= 15 is 0 Å². The zero-order valence-corrected chi connectivity index (χ0v) is 10.7. The molecule has 104 valence electrons. The van der Waals surface area contributed by atoms with Crippen molar-refractivity contribution in [3.8, 4) is 0 Å². The van der Waals surface area contributed by atoms with Crippen LogP contribution in [0, 0.1) is 11.6 Å². The second-order valence-corrected chi connectivity index (χ2v) is 4.18. The average molecular weight is 271 g/mol. The highest BCUT2D eigenvalue weighted by molar-refractivity contribution is 5.97. The maximum atomic E-state index is 13.0. The van der Waals surface area contributed by atoms with Crippen molar-refractivity contribution in [3.05, 3.63) is 35.4 Å². The van der Waals surface area contributed by atoms with Crippen molar-refractivity contribution >= 4 is 11.9 Å². The van der Waals surface area contributed by atoms with Crippen LogP contribution >= 0.6 is 0 Å². The lowest BCUT2D eigenvalue weighted by Gasteiger charge is -2.28. The standard InChI is InChI=1S/C13H15F2NO3/c1-3-13(4-2,12(18)19)16-11(17)8-5-6-9(14)10(15)7-8/h5-7H,3-4H2,1-2H3,(H,16,17)(H,18,19). The second-order valence-electron chi connectivity index (χ2n) is 4.18. The fourth-order valence-electron chi connectivity index (χ4n) is 1.71. The van der Waals surface area contributed by atoms with Crippen molar-refractivity contribution in [1.29, 1.82) is 0 Å². The molecule has 6 heteroatoms. The lowest BCUT2D eigenvalue weighted by molar-refractivity contribution is -0.144. The van der Waals surface area contributed by atoms with Crippen LogP contribution in [0.25, 0.3) is 0 Å². The summed E-state index contributed by atoms with van der Waals surface area (Å²) in [6.45, 7) is 3.26. The van der Waals surface area contributed by atoms with Gasteiger partial charge in [-0.25, -0.2) is 13.6 Å². The SMILES string of the molecule is CCC(CC)(NC(=O)c1ccc(F)c(F)c1)C(=O)O. The van der Waals surface area contributed by atoms with E-state index in [0.717, 1.165) is 18.2 Å². The molecule has 4 nitrogen and oxygen atoms in total. The maximum absolute atomic E-state index is 13.0. The molecule has 0 aromatic heterocycles. The van der Waals surface area contributed by atoms with Gasteiger partial charge in [-0.05, 0) is 31.0 Å². The molecule has 0 fully saturated rings. The number of aliphatic carboxylic acids is 1. The van der Waals surface area contributed by atoms with Gasteiger partial charge in [0.2, 0.25) is 0 Å². The molecule has 2 N–H and O–H groups in total. The van der Waals surface area contributed by atoms with Crippen LogP contribution in [0.1, 0.15) is 37.0 Å². The van der Waals surface area contributed by atoms with Crippen molar-refractivity contribution < 1.29 is 23.5 Å². The molecule has 0 saturated heterocycles. The van der Waals surface area contributed by atoms with Crippen LogP contribution in [0.5, 0.6) is 0 Å². The largest absolute Gasteiger partial charge is 0.480 e. The van der Waals surface area contributed by atoms with Crippen LogP contribution in [0.4, 0.5) is 8.78 Å². The smallest absolute Gasteiger partial charge is 0.329 e. The predicted octanol–water partition coefficient (Wildman–Crippen LogP) is 2.34. The number of carboxylic acid groups (broad SMARTS) is 1. The molecular formula is C13H15F2NO3. The molecule has 0 heterocycles. The molecular weight excluding hydrogens is 256 g/mol. The Morgan fingerprint density at radius 1 is 1.21 bits per heavy atom. The quantitative estimate of drug-likeness (QED) is 0.863. The van der Waals surface area contributed by atoms with Crippen LogP contribution < -0.4 is 5.32 Å². The van der Waals surface area contributed by atoms with E-state index < -0.39 is 29.0 Å². The van der Waals surface area contributed by atoms with E-state index in [0.29, 0.717) is 0 Å². The fraction of sp³-hybridized carbons (Fsp3) is 0.385. The number of carboxylic acids is 1. The summed E-state index contributed by atoms with van der Waals surface area (Å²) in [5, 5.41) is 11.5. The van der Waals surface area contributed by atoms with Gasteiger partial charge in [0.25, 0.3) is 5.91 Å². The molecule has 0 unspecified atom stereocenters. The number of carbonyl (C=O) groups excluding carboxylic acids is 1. The number of carbonyl (C=O) groups is 2. The number of rotatable bonds is 5. The summed E-state index contributed by atoms with van der Waals surface area (Å²) in [6.07, 6.45) is 0.377. The Morgan fingerprint density at radius 3 is 2.21 bits per heavy atom. The first-order chi connectivity index (χ1) is 8.86. The monoisotopic (exact) mass is 271 g/mol. The van der Waals surface area contributed by atoms with Gasteiger partial charge in [0.1, 0.15) is 5.54 Å². The number of hydrogen-bond donors (Lipinski definition) is 2. The van der Waals surface area contributed by atoms with Crippen molar-refractivity contribution in [3.63, 3.8) is 0 Å². The highest BCUT2D eigenvalue weighted by Crippen LogP contribution is 2.17. The molecule has 0 radical (unpaired) electrons. The Labute approximate surface area is 109 Å². The van der Waals surface area contributed by atoms with Crippen LogP contribution in [0.3, 0.4) is 0 Å². The molecule has 0 aliphatic heterocycles. The van der Waals surface area contributed by atoms with E-state index in [1.807, 2.05) is 0 Å². The molecule has 1 amide bonds. The highest BCUT2D eigenvalue weighted by atomic mass is 19.2. The minimum atomic E-state index is -1.40. The first-order valence-corrected chi connectivity index (χ1v) is 5.87. The summed E-state index contributed by atoms with van der Waals surface area (Å²) in [4.78, 5) is 23.1. The van der Waals surface area contributed by atoms with Gasteiger partial charge >= 0.3 is 5.97 Å². The van der Waals surface area contributed by atoms with Gasteiger partial charge in [0, 0.05) is 5.56 Å². The van der Waals surface area contributed by atoms with Crippen LogP contribution in [0.15, 0.2) is 18.2 Å². The van der Waals surface area contributed by atoms with Crippen molar-refractivity contribution in [1.82, 2.24) is 5.32 Å². The summed E-state index contributed by atoms with van der Waals surface area (Å²) in [6, 6.07) is 2.67. The van der Waals surface area contributed by atoms with Gasteiger partial charge in [-0.1, -0.05) is 13.8 Å². The molecule has 1 aromatic carbocycles. The Bertz CT molecular complexity index is 499. The van der Waals surface area contributed by atoms with E-state index in [4.69, 9.17) is 5.11 Å². The average Bonchev–Trinajstić information content (AvgIpc) is 2.38. The molecule has 0 saturated carbocycles. The minimum Gasteiger partial charge on any atom is -0.480 e. The first kappa shape index (κ1) is 15.1. The molecule has 0 atom stereocenters. The van der Waals surface area contributed by atoms with Crippen LogP contribution in [-0.4, -0.2) is 22.5 Å². The minimum absolute atomic E-state index is 0.119. The summed E-state index contributed by atoms with van der Waals surface area (Å²) in [7, 11) is 0. The summed E-state index contributed by atoms with van der Waals surface area (Å²) in [5.41, 5.74) is -1.52. The molecule has 1 rings (SSSR count). The Hall–Kier alpha value is -1.98. The van der Waals surface area contributed by atoms with Crippen molar-refractivity contribution in [2.24, 2.45) is 0 Å². The van der Waals surface area contributed by atoms with E-state index in [1.54, 1.807) is 13.8 Å². The topological polar surface area (TPSA) is 66.4 Å². The first-order valence-electron chi connectivity index (χ1n) is 5.87. The lowest BCUT2D eigenvalue weighted by atomic mass is 9.92. The van der Waals surface area contributed by atoms with Crippen LogP contribution in [-0.2, 0) is 4.79 Å². The third kappa shape index (κ3) is 3.07. The second kappa shape index (κ2) is 5.77. The lowest BCUT2D eigenvalue weighted by Crippen LogP contribution is -2.53. The van der Waals surface area contributed by atoms with Crippen molar-refractivity contribution in [2.45, 2.75) is 32.2 Å². The molecule has 0 spiro atoms. The highest BCUT2D eigenvalue weighted by Gasteiger charge is 2.36.